The maximum atomic E-state index is 13.5. The Labute approximate surface area is 112 Å². The van der Waals surface area contributed by atoms with Gasteiger partial charge in [-0.3, -0.25) is 14.2 Å². The summed E-state index contributed by atoms with van der Waals surface area (Å²) in [5.74, 6) is 0.0313. The second kappa shape index (κ2) is 5.36. The van der Waals surface area contributed by atoms with Crippen LogP contribution in [0.15, 0.2) is 46.1 Å². The Hall–Kier alpha value is -2.94. The first-order valence-corrected chi connectivity index (χ1v) is 5.61. The quantitative estimate of drug-likeness (QED) is 0.747. The van der Waals surface area contributed by atoms with Gasteiger partial charge in [0.25, 0.3) is 11.5 Å². The normalized spacial score (nSPS) is 10.0. The van der Waals surface area contributed by atoms with Gasteiger partial charge in [-0.25, -0.2) is 4.79 Å². The number of carbonyl (C=O) groups excluding carboxylic acids is 1. The van der Waals surface area contributed by atoms with Crippen LogP contribution in [0.4, 0.5) is 4.39 Å². The third-order valence-electron chi connectivity index (χ3n) is 2.60. The van der Waals surface area contributed by atoms with Gasteiger partial charge in [-0.15, -0.1) is 6.42 Å². The molecule has 20 heavy (non-hydrogen) atoms. The number of hydrogen-bond acceptors (Lipinski definition) is 3. The molecule has 0 unspecified atom stereocenters. The Kier molecular flexibility index (Phi) is 3.62. The average molecular weight is 272 g/mol. The van der Waals surface area contributed by atoms with Crippen LogP contribution in [-0.2, 0) is 6.54 Å². The summed E-state index contributed by atoms with van der Waals surface area (Å²) in [6, 6.07) is 7.64. The van der Waals surface area contributed by atoms with Crippen LogP contribution in [0.2, 0.25) is 0 Å². The summed E-state index contributed by atoms with van der Waals surface area (Å²) in [6.45, 7) is -0.238. The van der Waals surface area contributed by atoms with Crippen LogP contribution < -0.4 is 11.2 Å². The summed E-state index contributed by atoms with van der Waals surface area (Å²) in [6.07, 6.45) is 5.74. The first-order chi connectivity index (χ1) is 9.56. The number of hydrogen-bond donors (Lipinski definition) is 0. The first kappa shape index (κ1) is 13.5. The summed E-state index contributed by atoms with van der Waals surface area (Å²) < 4.78 is 14.5. The van der Waals surface area contributed by atoms with Crippen molar-refractivity contribution in [3.63, 3.8) is 0 Å². The molecule has 0 aliphatic carbocycles. The molecule has 0 spiro atoms. The molecule has 5 nitrogen and oxygen atoms in total. The van der Waals surface area contributed by atoms with E-state index >= 15 is 0 Å². The number of carbonyl (C=O) groups is 1. The Balaban J connectivity index is 2.69. The molecule has 0 bridgehead atoms. The molecule has 1 heterocycles. The molecular formula is C14H9FN2O3. The molecule has 0 N–H and O–H groups in total. The van der Waals surface area contributed by atoms with Gasteiger partial charge in [0.05, 0.1) is 12.7 Å². The van der Waals surface area contributed by atoms with E-state index in [1.165, 1.54) is 12.1 Å². The van der Waals surface area contributed by atoms with Gasteiger partial charge < -0.3 is 0 Å². The number of halogens is 1. The van der Waals surface area contributed by atoms with Gasteiger partial charge in [-0.05, 0) is 12.1 Å². The Morgan fingerprint density at radius 1 is 1.25 bits per heavy atom. The summed E-state index contributed by atoms with van der Waals surface area (Å²) in [5.41, 5.74) is -2.16. The van der Waals surface area contributed by atoms with Crippen molar-refractivity contribution >= 4 is 5.91 Å². The number of nitrogens with zero attached hydrogens (tertiary/aromatic N) is 2. The number of benzene rings is 1. The molecule has 0 radical (unpaired) electrons. The van der Waals surface area contributed by atoms with Crippen LogP contribution >= 0.6 is 0 Å². The predicted molar refractivity (Wildman–Crippen MR) is 69.9 cm³/mol. The van der Waals surface area contributed by atoms with Crippen LogP contribution in [0, 0.1) is 18.2 Å². The van der Waals surface area contributed by atoms with Gasteiger partial charge in [-0.1, -0.05) is 24.1 Å². The Bertz CT molecular complexity index is 813. The number of rotatable bonds is 2. The Morgan fingerprint density at radius 3 is 2.50 bits per heavy atom. The van der Waals surface area contributed by atoms with E-state index in [1.807, 2.05) is 0 Å². The van der Waals surface area contributed by atoms with Crippen molar-refractivity contribution in [1.82, 2.24) is 9.13 Å². The van der Waals surface area contributed by atoms with Crippen molar-refractivity contribution in [1.29, 1.82) is 0 Å². The van der Waals surface area contributed by atoms with E-state index in [2.05, 4.69) is 5.92 Å². The molecule has 0 aliphatic heterocycles. The molecule has 0 aliphatic rings. The topological polar surface area (TPSA) is 61.1 Å². The fraction of sp³-hybridized carbons (Fsp3) is 0.0714. The summed E-state index contributed by atoms with van der Waals surface area (Å²) in [5, 5.41) is 0. The van der Waals surface area contributed by atoms with Gasteiger partial charge in [0, 0.05) is 5.56 Å². The molecular weight excluding hydrogens is 263 g/mol. The minimum Gasteiger partial charge on any atom is -0.285 e. The molecule has 0 saturated heterocycles. The monoisotopic (exact) mass is 272 g/mol. The summed E-state index contributed by atoms with van der Waals surface area (Å²) in [4.78, 5) is 35.8. The number of terminal acetylenes is 1. The molecule has 2 aromatic rings. The Morgan fingerprint density at radius 2 is 1.90 bits per heavy atom. The van der Waals surface area contributed by atoms with Gasteiger partial charge in [0.2, 0.25) is 5.82 Å². The minimum absolute atomic E-state index is 0.101. The maximum absolute atomic E-state index is 13.5. The fourth-order valence-electron chi connectivity index (χ4n) is 1.67. The van der Waals surface area contributed by atoms with Crippen LogP contribution in [0.5, 0.6) is 0 Å². The second-order valence-electron chi connectivity index (χ2n) is 3.90. The minimum atomic E-state index is -1.29. The van der Waals surface area contributed by atoms with Gasteiger partial charge in [-0.2, -0.15) is 8.96 Å². The zero-order chi connectivity index (χ0) is 14.7. The van der Waals surface area contributed by atoms with E-state index in [0.29, 0.717) is 6.20 Å². The highest BCUT2D eigenvalue weighted by Crippen LogP contribution is 2.00. The first-order valence-electron chi connectivity index (χ1n) is 5.61. The lowest BCUT2D eigenvalue weighted by Gasteiger charge is -2.07. The molecule has 0 atom stereocenters. The van der Waals surface area contributed by atoms with E-state index in [4.69, 9.17) is 6.42 Å². The van der Waals surface area contributed by atoms with Crippen LogP contribution in [0.3, 0.4) is 0 Å². The lowest BCUT2D eigenvalue weighted by molar-refractivity contribution is 0.0946. The van der Waals surface area contributed by atoms with E-state index in [9.17, 15) is 18.8 Å². The van der Waals surface area contributed by atoms with Gasteiger partial charge >= 0.3 is 5.69 Å². The molecule has 2 rings (SSSR count). The molecule has 0 saturated carbocycles. The smallest absolute Gasteiger partial charge is 0.285 e. The van der Waals surface area contributed by atoms with E-state index < -0.39 is 23.0 Å². The molecule has 0 fully saturated rings. The fourth-order valence-corrected chi connectivity index (χ4v) is 1.67. The SMILES string of the molecule is C#CCn1cc(F)c(=O)n(C(=O)c2ccccc2)c1=O. The third-order valence-corrected chi connectivity index (χ3v) is 2.60. The second-order valence-corrected chi connectivity index (χ2v) is 3.90. The van der Waals surface area contributed by atoms with Crippen LogP contribution in [0.1, 0.15) is 10.4 Å². The summed E-state index contributed by atoms with van der Waals surface area (Å²) in [7, 11) is 0. The van der Waals surface area contributed by atoms with E-state index in [-0.39, 0.29) is 16.7 Å². The highest BCUT2D eigenvalue weighted by Gasteiger charge is 2.18. The summed E-state index contributed by atoms with van der Waals surface area (Å²) >= 11 is 0. The van der Waals surface area contributed by atoms with Crippen LogP contribution in [-0.4, -0.2) is 15.0 Å². The van der Waals surface area contributed by atoms with Gasteiger partial charge in [0.1, 0.15) is 0 Å². The van der Waals surface area contributed by atoms with Crippen molar-refractivity contribution in [2.75, 3.05) is 0 Å². The van der Waals surface area contributed by atoms with Crippen molar-refractivity contribution in [3.8, 4) is 12.3 Å². The number of aromatic nitrogens is 2. The average Bonchev–Trinajstić information content (AvgIpc) is 2.46. The third kappa shape index (κ3) is 2.29. The van der Waals surface area contributed by atoms with Crippen molar-refractivity contribution in [2.45, 2.75) is 6.54 Å². The molecule has 1 aromatic carbocycles. The van der Waals surface area contributed by atoms with Crippen molar-refractivity contribution in [2.24, 2.45) is 0 Å². The maximum Gasteiger partial charge on any atom is 0.339 e. The molecule has 1 aromatic heterocycles. The zero-order valence-electron chi connectivity index (χ0n) is 10.2. The van der Waals surface area contributed by atoms with Crippen molar-refractivity contribution in [3.05, 3.63) is 68.7 Å². The molecule has 100 valence electrons. The zero-order valence-corrected chi connectivity index (χ0v) is 10.2. The van der Waals surface area contributed by atoms with Crippen molar-refractivity contribution < 1.29 is 9.18 Å². The van der Waals surface area contributed by atoms with E-state index in [0.717, 1.165) is 4.57 Å². The highest BCUT2D eigenvalue weighted by atomic mass is 19.1. The standard InChI is InChI=1S/C14H9FN2O3/c1-2-8-16-9-11(15)13(19)17(14(16)20)12(18)10-6-4-3-5-7-10/h1,3-7,9H,8H2. The molecule has 0 amide bonds. The lowest BCUT2D eigenvalue weighted by Crippen LogP contribution is -2.44. The van der Waals surface area contributed by atoms with Crippen LogP contribution in [0.25, 0.3) is 0 Å². The predicted octanol–water partition coefficient (Wildman–Crippen LogP) is 0.471. The largest absolute Gasteiger partial charge is 0.339 e. The highest BCUT2D eigenvalue weighted by molar-refractivity contribution is 5.95. The van der Waals surface area contributed by atoms with E-state index in [1.54, 1.807) is 18.2 Å². The lowest BCUT2D eigenvalue weighted by atomic mass is 10.2. The van der Waals surface area contributed by atoms with Gasteiger partial charge in [0.15, 0.2) is 0 Å². The molecule has 6 heteroatoms.